The first-order chi connectivity index (χ1) is 7.88. The maximum Gasteiger partial charge on any atom is 0.0866 e. The fourth-order valence-corrected chi connectivity index (χ4v) is 2.03. The predicted octanol–water partition coefficient (Wildman–Crippen LogP) is 2.69. The lowest BCUT2D eigenvalue weighted by atomic mass is 10.0. The Bertz CT molecular complexity index is 390. The first-order valence-electron chi connectivity index (χ1n) is 5.72. The number of hydrogen-bond donors (Lipinski definition) is 0. The van der Waals surface area contributed by atoms with E-state index in [1.165, 1.54) is 11.1 Å². The zero-order valence-electron chi connectivity index (χ0n) is 9.39. The number of likely N-dealkylation sites (tertiary alicyclic amines) is 1. The van der Waals surface area contributed by atoms with Gasteiger partial charge in [0.15, 0.2) is 0 Å². The highest BCUT2D eigenvalue weighted by Gasteiger charge is 2.12. The van der Waals surface area contributed by atoms with Crippen molar-refractivity contribution in [1.82, 2.24) is 4.90 Å². The van der Waals surface area contributed by atoms with Gasteiger partial charge in [0.2, 0.25) is 0 Å². The Labute approximate surface area is 96.8 Å². The summed E-state index contributed by atoms with van der Waals surface area (Å²) in [5, 5.41) is 8.61. The van der Waals surface area contributed by atoms with Crippen LogP contribution in [0.1, 0.15) is 18.4 Å². The molecule has 1 saturated heterocycles. The van der Waals surface area contributed by atoms with E-state index in [4.69, 9.17) is 5.26 Å². The van der Waals surface area contributed by atoms with Gasteiger partial charge in [0.05, 0.1) is 12.6 Å². The van der Waals surface area contributed by atoms with Crippen LogP contribution in [-0.4, -0.2) is 24.5 Å². The van der Waals surface area contributed by atoms with Crippen LogP contribution in [0.15, 0.2) is 35.9 Å². The van der Waals surface area contributed by atoms with Crippen molar-refractivity contribution in [3.8, 4) is 6.07 Å². The van der Waals surface area contributed by atoms with Crippen molar-refractivity contribution in [1.29, 1.82) is 5.26 Å². The molecule has 0 amide bonds. The summed E-state index contributed by atoms with van der Waals surface area (Å²) in [5.41, 5.74) is 2.78. The molecule has 0 aromatic heterocycles. The van der Waals surface area contributed by atoms with Crippen molar-refractivity contribution in [3.63, 3.8) is 0 Å². The molecule has 0 spiro atoms. The summed E-state index contributed by atoms with van der Waals surface area (Å²) in [6.45, 7) is 2.61. The number of nitrogens with zero attached hydrogens (tertiary/aromatic N) is 2. The van der Waals surface area contributed by atoms with Crippen molar-refractivity contribution in [3.05, 3.63) is 41.5 Å². The van der Waals surface area contributed by atoms with Crippen LogP contribution in [0.5, 0.6) is 0 Å². The Morgan fingerprint density at radius 1 is 1.19 bits per heavy atom. The summed E-state index contributed by atoms with van der Waals surface area (Å²) in [6, 6.07) is 12.6. The minimum absolute atomic E-state index is 0.568. The number of hydrogen-bond acceptors (Lipinski definition) is 2. The Balaban J connectivity index is 1.94. The van der Waals surface area contributed by atoms with Gasteiger partial charge in [0.1, 0.15) is 0 Å². The van der Waals surface area contributed by atoms with Gasteiger partial charge in [-0.1, -0.05) is 42.0 Å². The first kappa shape index (κ1) is 10.9. The average molecular weight is 212 g/mol. The molecule has 2 rings (SSSR count). The lowest BCUT2D eigenvalue weighted by molar-refractivity contribution is 0.287. The quantitative estimate of drug-likeness (QED) is 0.705. The smallest absolute Gasteiger partial charge is 0.0866 e. The maximum absolute atomic E-state index is 8.61. The lowest BCUT2D eigenvalue weighted by Gasteiger charge is -2.25. The second-order valence-electron chi connectivity index (χ2n) is 4.15. The van der Waals surface area contributed by atoms with Crippen LogP contribution in [0, 0.1) is 11.3 Å². The average Bonchev–Trinajstić information content (AvgIpc) is 2.33. The van der Waals surface area contributed by atoms with Crippen molar-refractivity contribution in [2.45, 2.75) is 12.8 Å². The van der Waals surface area contributed by atoms with E-state index in [1.54, 1.807) is 0 Å². The summed E-state index contributed by atoms with van der Waals surface area (Å²) in [5.74, 6) is 0. The second-order valence-corrected chi connectivity index (χ2v) is 4.15. The molecule has 0 unspecified atom stereocenters. The van der Waals surface area contributed by atoms with Crippen molar-refractivity contribution < 1.29 is 0 Å². The Morgan fingerprint density at radius 3 is 2.50 bits per heavy atom. The molecule has 16 heavy (non-hydrogen) atoms. The largest absolute Gasteiger partial charge is 0.290 e. The van der Waals surface area contributed by atoms with Crippen LogP contribution < -0.4 is 0 Å². The van der Waals surface area contributed by atoms with Crippen LogP contribution in [0.4, 0.5) is 0 Å². The van der Waals surface area contributed by atoms with Crippen LogP contribution in [0.2, 0.25) is 0 Å². The highest BCUT2D eigenvalue weighted by Crippen LogP contribution is 2.18. The van der Waals surface area contributed by atoms with Gasteiger partial charge >= 0.3 is 0 Å². The van der Waals surface area contributed by atoms with Gasteiger partial charge in [-0.15, -0.1) is 0 Å². The number of piperidine rings is 1. The van der Waals surface area contributed by atoms with Crippen molar-refractivity contribution in [2.24, 2.45) is 0 Å². The van der Waals surface area contributed by atoms with E-state index in [-0.39, 0.29) is 0 Å². The van der Waals surface area contributed by atoms with Gasteiger partial charge in [0.25, 0.3) is 0 Å². The lowest BCUT2D eigenvalue weighted by Crippen LogP contribution is -2.30. The summed E-state index contributed by atoms with van der Waals surface area (Å²) in [4.78, 5) is 2.21. The van der Waals surface area contributed by atoms with E-state index in [0.29, 0.717) is 6.54 Å². The van der Waals surface area contributed by atoms with Gasteiger partial charge in [0, 0.05) is 13.1 Å². The highest BCUT2D eigenvalue weighted by molar-refractivity contribution is 5.52. The molecular formula is C14H16N2. The van der Waals surface area contributed by atoms with E-state index in [0.717, 1.165) is 25.9 Å². The molecule has 0 N–H and O–H groups in total. The van der Waals surface area contributed by atoms with Crippen LogP contribution >= 0.6 is 0 Å². The molecule has 1 aliphatic rings. The standard InChI is InChI=1S/C14H16N2/c15-8-11-16-9-6-14(7-10-16)12-13-4-2-1-3-5-13/h1-5,12H,6-7,9-11H2. The molecule has 2 nitrogen and oxygen atoms in total. The number of benzene rings is 1. The van der Waals surface area contributed by atoms with E-state index >= 15 is 0 Å². The second kappa shape index (κ2) is 5.48. The Morgan fingerprint density at radius 2 is 1.88 bits per heavy atom. The fourth-order valence-electron chi connectivity index (χ4n) is 2.03. The molecule has 0 atom stereocenters. The van der Waals surface area contributed by atoms with Crippen LogP contribution in [0.25, 0.3) is 6.08 Å². The fraction of sp³-hybridized carbons (Fsp3) is 0.357. The van der Waals surface area contributed by atoms with E-state index in [9.17, 15) is 0 Å². The first-order valence-corrected chi connectivity index (χ1v) is 5.72. The minimum atomic E-state index is 0.568. The predicted molar refractivity (Wildman–Crippen MR) is 65.7 cm³/mol. The molecule has 1 aliphatic heterocycles. The normalized spacial score (nSPS) is 16.8. The molecule has 1 aromatic rings. The topological polar surface area (TPSA) is 27.0 Å². The third-order valence-corrected chi connectivity index (χ3v) is 2.96. The van der Waals surface area contributed by atoms with Crippen molar-refractivity contribution >= 4 is 6.08 Å². The maximum atomic E-state index is 8.61. The molecule has 1 aromatic carbocycles. The van der Waals surface area contributed by atoms with Crippen LogP contribution in [0.3, 0.4) is 0 Å². The number of nitriles is 1. The van der Waals surface area contributed by atoms with Gasteiger partial charge in [-0.3, -0.25) is 4.90 Å². The van der Waals surface area contributed by atoms with Gasteiger partial charge < -0.3 is 0 Å². The van der Waals surface area contributed by atoms with E-state index < -0.39 is 0 Å². The molecule has 0 radical (unpaired) electrons. The molecule has 0 bridgehead atoms. The highest BCUT2D eigenvalue weighted by atomic mass is 15.1. The molecular weight excluding hydrogens is 196 g/mol. The zero-order valence-corrected chi connectivity index (χ0v) is 9.39. The van der Waals surface area contributed by atoms with Gasteiger partial charge in [-0.05, 0) is 18.4 Å². The SMILES string of the molecule is N#CCN1CCC(=Cc2ccccc2)CC1. The third kappa shape index (κ3) is 2.95. The van der Waals surface area contributed by atoms with Crippen LogP contribution in [-0.2, 0) is 0 Å². The van der Waals surface area contributed by atoms with E-state index in [2.05, 4.69) is 41.3 Å². The molecule has 2 heteroatoms. The van der Waals surface area contributed by atoms with Crippen molar-refractivity contribution in [2.75, 3.05) is 19.6 Å². The zero-order chi connectivity index (χ0) is 11.2. The van der Waals surface area contributed by atoms with E-state index in [1.807, 2.05) is 6.07 Å². The summed E-state index contributed by atoms with van der Waals surface area (Å²) in [6.07, 6.45) is 4.47. The molecule has 1 fully saturated rings. The van der Waals surface area contributed by atoms with Gasteiger partial charge in [-0.25, -0.2) is 0 Å². The third-order valence-electron chi connectivity index (χ3n) is 2.96. The summed E-state index contributed by atoms with van der Waals surface area (Å²) < 4.78 is 0. The molecule has 0 aliphatic carbocycles. The summed E-state index contributed by atoms with van der Waals surface area (Å²) >= 11 is 0. The monoisotopic (exact) mass is 212 g/mol. The molecule has 82 valence electrons. The van der Waals surface area contributed by atoms with Gasteiger partial charge in [-0.2, -0.15) is 5.26 Å². The molecule has 1 heterocycles. The minimum Gasteiger partial charge on any atom is -0.290 e. The summed E-state index contributed by atoms with van der Waals surface area (Å²) in [7, 11) is 0. The molecule has 0 saturated carbocycles. The Hall–Kier alpha value is -1.59. The Kier molecular flexibility index (Phi) is 3.74. The number of rotatable bonds is 2.